The molecule has 4 rings (SSSR count). The lowest BCUT2D eigenvalue weighted by Crippen LogP contribution is -2.39. The molecule has 6 nitrogen and oxygen atoms in total. The van der Waals surface area contributed by atoms with Gasteiger partial charge in [-0.1, -0.05) is 6.07 Å². The molecule has 1 aliphatic carbocycles. The summed E-state index contributed by atoms with van der Waals surface area (Å²) in [6.45, 7) is 0. The van der Waals surface area contributed by atoms with E-state index < -0.39 is 0 Å². The Balaban J connectivity index is 1.31. The zero-order valence-corrected chi connectivity index (χ0v) is 13.8. The summed E-state index contributed by atoms with van der Waals surface area (Å²) >= 11 is 0. The molecule has 0 spiro atoms. The number of nitrogens with one attached hydrogen (secondary N) is 2. The summed E-state index contributed by atoms with van der Waals surface area (Å²) < 4.78 is 5.79. The third kappa shape index (κ3) is 3.63. The highest BCUT2D eigenvalue weighted by Gasteiger charge is 2.24. The molecule has 2 heterocycles. The minimum Gasteiger partial charge on any atom is -0.460 e. The molecule has 3 aromatic rings. The molecule has 0 aliphatic heterocycles. The maximum atomic E-state index is 12.5. The van der Waals surface area contributed by atoms with Crippen molar-refractivity contribution in [1.29, 1.82) is 0 Å². The second-order valence-corrected chi connectivity index (χ2v) is 6.38. The molecule has 0 saturated heterocycles. The summed E-state index contributed by atoms with van der Waals surface area (Å²) in [5.41, 5.74) is 1.67. The lowest BCUT2D eigenvalue weighted by atomic mass is 9.92. The van der Waals surface area contributed by atoms with Crippen LogP contribution in [-0.4, -0.2) is 33.0 Å². The SMILES string of the molecule is O=C(NC1CCC(Oc2ncccn2)CC1)c1ccc2cc[nH]c2c1. The van der Waals surface area contributed by atoms with E-state index in [1.807, 2.05) is 30.5 Å². The van der Waals surface area contributed by atoms with Crippen LogP contribution in [0.2, 0.25) is 0 Å². The summed E-state index contributed by atoms with van der Waals surface area (Å²) in [7, 11) is 0. The Bertz CT molecular complexity index is 854. The Labute approximate surface area is 145 Å². The number of aromatic amines is 1. The molecule has 1 aromatic carbocycles. The number of hydrogen-bond acceptors (Lipinski definition) is 4. The summed E-state index contributed by atoms with van der Waals surface area (Å²) in [5, 5.41) is 4.25. The van der Waals surface area contributed by atoms with Crippen LogP contribution >= 0.6 is 0 Å². The number of ether oxygens (including phenoxy) is 1. The minimum absolute atomic E-state index is 0.0211. The van der Waals surface area contributed by atoms with Crippen molar-refractivity contribution in [3.63, 3.8) is 0 Å². The van der Waals surface area contributed by atoms with Gasteiger partial charge in [0.2, 0.25) is 0 Å². The van der Waals surface area contributed by atoms with Gasteiger partial charge in [-0.2, -0.15) is 0 Å². The van der Waals surface area contributed by atoms with Crippen molar-refractivity contribution >= 4 is 16.8 Å². The average Bonchev–Trinajstić information content (AvgIpc) is 3.12. The van der Waals surface area contributed by atoms with Crippen LogP contribution in [-0.2, 0) is 0 Å². The molecule has 128 valence electrons. The molecule has 0 unspecified atom stereocenters. The number of hydrogen-bond donors (Lipinski definition) is 2. The summed E-state index contributed by atoms with van der Waals surface area (Å²) in [4.78, 5) is 23.8. The molecule has 1 amide bonds. The van der Waals surface area contributed by atoms with Crippen LogP contribution in [0, 0.1) is 0 Å². The van der Waals surface area contributed by atoms with Gasteiger partial charge in [-0.25, -0.2) is 9.97 Å². The van der Waals surface area contributed by atoms with Crippen LogP contribution in [0.4, 0.5) is 0 Å². The zero-order chi connectivity index (χ0) is 17.1. The Kier molecular flexibility index (Phi) is 4.33. The summed E-state index contributed by atoms with van der Waals surface area (Å²) in [5.74, 6) is -0.0211. The minimum atomic E-state index is -0.0211. The van der Waals surface area contributed by atoms with Gasteiger partial charge >= 0.3 is 6.01 Å². The monoisotopic (exact) mass is 336 g/mol. The highest BCUT2D eigenvalue weighted by Crippen LogP contribution is 2.22. The van der Waals surface area contributed by atoms with Gasteiger partial charge in [-0.3, -0.25) is 4.79 Å². The number of carbonyl (C=O) groups excluding carboxylic acids is 1. The number of H-pyrrole nitrogens is 1. The van der Waals surface area contributed by atoms with Crippen molar-refractivity contribution < 1.29 is 9.53 Å². The van der Waals surface area contributed by atoms with Gasteiger partial charge in [0, 0.05) is 35.7 Å². The maximum absolute atomic E-state index is 12.5. The van der Waals surface area contributed by atoms with Crippen LogP contribution in [0.25, 0.3) is 10.9 Å². The van der Waals surface area contributed by atoms with Crippen LogP contribution in [0.5, 0.6) is 6.01 Å². The molecule has 1 aliphatic rings. The van der Waals surface area contributed by atoms with Crippen molar-refractivity contribution in [1.82, 2.24) is 20.3 Å². The van der Waals surface area contributed by atoms with E-state index in [0.29, 0.717) is 11.6 Å². The first-order valence-corrected chi connectivity index (χ1v) is 8.59. The van der Waals surface area contributed by atoms with Gasteiger partial charge in [0.15, 0.2) is 0 Å². The quantitative estimate of drug-likeness (QED) is 0.767. The van der Waals surface area contributed by atoms with E-state index in [2.05, 4.69) is 20.3 Å². The molecule has 0 bridgehead atoms. The van der Waals surface area contributed by atoms with Crippen molar-refractivity contribution in [3.8, 4) is 6.01 Å². The fourth-order valence-corrected chi connectivity index (χ4v) is 3.28. The lowest BCUT2D eigenvalue weighted by Gasteiger charge is -2.28. The molecule has 1 fully saturated rings. The highest BCUT2D eigenvalue weighted by atomic mass is 16.5. The van der Waals surface area contributed by atoms with Gasteiger partial charge in [0.05, 0.1) is 0 Å². The van der Waals surface area contributed by atoms with Gasteiger partial charge in [-0.05, 0) is 55.3 Å². The third-order valence-corrected chi connectivity index (χ3v) is 4.64. The second-order valence-electron chi connectivity index (χ2n) is 6.38. The molecule has 0 atom stereocenters. The van der Waals surface area contributed by atoms with Crippen molar-refractivity contribution in [3.05, 3.63) is 54.5 Å². The number of benzene rings is 1. The predicted octanol–water partition coefficient (Wildman–Crippen LogP) is 3.08. The van der Waals surface area contributed by atoms with Gasteiger partial charge in [-0.15, -0.1) is 0 Å². The Hall–Kier alpha value is -2.89. The molecule has 2 N–H and O–H groups in total. The maximum Gasteiger partial charge on any atom is 0.316 e. The number of carbonyl (C=O) groups is 1. The van der Waals surface area contributed by atoms with Gasteiger partial charge in [0.1, 0.15) is 6.10 Å². The smallest absolute Gasteiger partial charge is 0.316 e. The van der Waals surface area contributed by atoms with E-state index in [1.54, 1.807) is 18.5 Å². The van der Waals surface area contributed by atoms with Crippen molar-refractivity contribution in [2.75, 3.05) is 0 Å². The fourth-order valence-electron chi connectivity index (χ4n) is 3.28. The van der Waals surface area contributed by atoms with E-state index >= 15 is 0 Å². The number of amides is 1. The normalized spacial score (nSPS) is 20.3. The number of nitrogens with zero attached hydrogens (tertiary/aromatic N) is 2. The molecular weight excluding hydrogens is 316 g/mol. The van der Waals surface area contributed by atoms with Crippen LogP contribution < -0.4 is 10.1 Å². The zero-order valence-electron chi connectivity index (χ0n) is 13.8. The molecule has 6 heteroatoms. The van der Waals surface area contributed by atoms with E-state index in [9.17, 15) is 4.79 Å². The Morgan fingerprint density at radius 3 is 2.72 bits per heavy atom. The molecule has 1 saturated carbocycles. The first-order chi connectivity index (χ1) is 12.3. The summed E-state index contributed by atoms with van der Waals surface area (Å²) in [6, 6.07) is 10.1. The molecule has 0 radical (unpaired) electrons. The lowest BCUT2D eigenvalue weighted by molar-refractivity contribution is 0.0885. The second kappa shape index (κ2) is 6.93. The summed E-state index contributed by atoms with van der Waals surface area (Å²) in [6.07, 6.45) is 8.92. The molecular formula is C19H20N4O2. The van der Waals surface area contributed by atoms with Crippen molar-refractivity contribution in [2.24, 2.45) is 0 Å². The van der Waals surface area contributed by atoms with E-state index in [0.717, 1.165) is 36.6 Å². The topological polar surface area (TPSA) is 79.9 Å². The van der Waals surface area contributed by atoms with Crippen LogP contribution in [0.1, 0.15) is 36.0 Å². The van der Waals surface area contributed by atoms with E-state index in [1.165, 1.54) is 0 Å². The number of rotatable bonds is 4. The van der Waals surface area contributed by atoms with Crippen molar-refractivity contribution in [2.45, 2.75) is 37.8 Å². The van der Waals surface area contributed by atoms with E-state index in [4.69, 9.17) is 4.74 Å². The molecule has 2 aromatic heterocycles. The standard InChI is InChI=1S/C19H20N4O2/c24-18(14-3-2-13-8-11-20-17(13)12-14)23-15-4-6-16(7-5-15)25-19-21-9-1-10-22-19/h1-3,8-12,15-16,20H,4-7H2,(H,23,24). The molecule has 25 heavy (non-hydrogen) atoms. The number of fused-ring (bicyclic) bond motifs is 1. The van der Waals surface area contributed by atoms with Gasteiger partial charge < -0.3 is 15.0 Å². The Morgan fingerprint density at radius 1 is 1.12 bits per heavy atom. The predicted molar refractivity (Wildman–Crippen MR) is 94.5 cm³/mol. The fraction of sp³-hybridized carbons (Fsp3) is 0.316. The number of aromatic nitrogens is 3. The van der Waals surface area contributed by atoms with Crippen LogP contribution in [0.15, 0.2) is 48.9 Å². The van der Waals surface area contributed by atoms with Crippen LogP contribution in [0.3, 0.4) is 0 Å². The van der Waals surface area contributed by atoms with E-state index in [-0.39, 0.29) is 18.1 Å². The van der Waals surface area contributed by atoms with Gasteiger partial charge in [0.25, 0.3) is 5.91 Å². The highest BCUT2D eigenvalue weighted by molar-refractivity contribution is 5.98. The first-order valence-electron chi connectivity index (χ1n) is 8.59. The average molecular weight is 336 g/mol. The third-order valence-electron chi connectivity index (χ3n) is 4.64. The first kappa shape index (κ1) is 15.6. The Morgan fingerprint density at radius 2 is 1.92 bits per heavy atom. The largest absolute Gasteiger partial charge is 0.460 e.